The Morgan fingerprint density at radius 3 is 1.95 bits per heavy atom. The summed E-state index contributed by atoms with van der Waals surface area (Å²) in [5, 5.41) is 0. The molecule has 22 heavy (non-hydrogen) atoms. The van der Waals surface area contributed by atoms with Gasteiger partial charge in [-0.2, -0.15) is 13.2 Å². The van der Waals surface area contributed by atoms with Crippen LogP contribution >= 0.6 is 0 Å². The summed E-state index contributed by atoms with van der Waals surface area (Å²) in [4.78, 5) is 24.1. The Kier molecular flexibility index (Phi) is 4.74. The van der Waals surface area contributed by atoms with E-state index in [1.807, 2.05) is 0 Å². The molecule has 1 spiro atoms. The summed E-state index contributed by atoms with van der Waals surface area (Å²) in [5.74, 6) is -1.53. The Labute approximate surface area is 129 Å². The third-order valence-electron chi connectivity index (χ3n) is 5.91. The number of hydrogen-bond acceptors (Lipinski definition) is 2. The maximum atomic E-state index is 12.8. The third kappa shape index (κ3) is 3.38. The highest BCUT2D eigenvalue weighted by atomic mass is 19.4. The number of Topliss-reactive ketones (excluding diaryl/α,β-unsaturated/α-hetero) is 2. The second-order valence-corrected chi connectivity index (χ2v) is 7.67. The van der Waals surface area contributed by atoms with Crippen LogP contribution in [0.15, 0.2) is 0 Å². The predicted molar refractivity (Wildman–Crippen MR) is 77.3 cm³/mol. The molecule has 0 aliphatic heterocycles. The lowest BCUT2D eigenvalue weighted by Gasteiger charge is -2.37. The summed E-state index contributed by atoms with van der Waals surface area (Å²) in [6.45, 7) is 1.72. The first-order valence-corrected chi connectivity index (χ1v) is 8.20. The van der Waals surface area contributed by atoms with Crippen LogP contribution in [0.2, 0.25) is 0 Å². The van der Waals surface area contributed by atoms with E-state index < -0.39 is 23.8 Å². The largest absolute Gasteiger partial charge is 0.400 e. The molecule has 2 fully saturated rings. The van der Waals surface area contributed by atoms with Crippen molar-refractivity contribution in [1.82, 2.24) is 0 Å². The lowest BCUT2D eigenvalue weighted by molar-refractivity contribution is -0.210. The second-order valence-electron chi connectivity index (χ2n) is 7.67. The van der Waals surface area contributed by atoms with Crippen LogP contribution in [0.5, 0.6) is 0 Å². The minimum Gasteiger partial charge on any atom is -0.299 e. The standard InChI is InChI=1S/C17H25F3O2/c1-15(2,17(18,19)20)14(22)11-13(21)12-5-9-16(10-6-12)7-3-4-8-16/h12H,3-11H2,1-2H3. The zero-order chi connectivity index (χ0) is 16.6. The van der Waals surface area contributed by atoms with Gasteiger partial charge in [0.1, 0.15) is 11.2 Å². The highest BCUT2D eigenvalue weighted by molar-refractivity contribution is 6.02. The topological polar surface area (TPSA) is 34.1 Å². The first kappa shape index (κ1) is 17.5. The van der Waals surface area contributed by atoms with E-state index in [-0.39, 0.29) is 11.7 Å². The van der Waals surface area contributed by atoms with Crippen molar-refractivity contribution in [3.8, 4) is 0 Å². The summed E-state index contributed by atoms with van der Waals surface area (Å²) in [7, 11) is 0. The van der Waals surface area contributed by atoms with E-state index in [9.17, 15) is 22.8 Å². The average molecular weight is 318 g/mol. The quantitative estimate of drug-likeness (QED) is 0.694. The fourth-order valence-corrected chi connectivity index (χ4v) is 3.86. The molecule has 0 atom stereocenters. The number of carbonyl (C=O) groups is 2. The Morgan fingerprint density at radius 2 is 1.50 bits per heavy atom. The SMILES string of the molecule is CC(C)(C(=O)CC(=O)C1CCC2(CCCC2)CC1)C(F)(F)F. The van der Waals surface area contributed by atoms with E-state index in [0.29, 0.717) is 5.41 Å². The maximum absolute atomic E-state index is 12.8. The molecular weight excluding hydrogens is 293 g/mol. The van der Waals surface area contributed by atoms with E-state index in [0.717, 1.165) is 39.5 Å². The highest BCUT2D eigenvalue weighted by Crippen LogP contribution is 2.50. The summed E-state index contributed by atoms with van der Waals surface area (Å²) in [5.41, 5.74) is -2.06. The summed E-state index contributed by atoms with van der Waals surface area (Å²) < 4.78 is 38.5. The van der Waals surface area contributed by atoms with Crippen molar-refractivity contribution < 1.29 is 22.8 Å². The van der Waals surface area contributed by atoms with Crippen LogP contribution in [0.1, 0.15) is 71.6 Å². The number of alkyl halides is 3. The van der Waals surface area contributed by atoms with Gasteiger partial charge in [-0.3, -0.25) is 9.59 Å². The van der Waals surface area contributed by atoms with E-state index in [1.54, 1.807) is 0 Å². The van der Waals surface area contributed by atoms with Gasteiger partial charge in [0.25, 0.3) is 0 Å². The average Bonchev–Trinajstić information content (AvgIpc) is 2.86. The molecule has 2 rings (SSSR count). The molecule has 2 saturated carbocycles. The molecule has 0 bridgehead atoms. The Hall–Kier alpha value is -0.870. The van der Waals surface area contributed by atoms with Crippen LogP contribution in [-0.4, -0.2) is 17.7 Å². The molecule has 2 aliphatic carbocycles. The van der Waals surface area contributed by atoms with Gasteiger partial charge in [0.05, 0.1) is 6.42 Å². The first-order chi connectivity index (χ1) is 10.1. The Morgan fingerprint density at radius 1 is 1.00 bits per heavy atom. The van der Waals surface area contributed by atoms with Crippen molar-refractivity contribution in [2.75, 3.05) is 0 Å². The molecule has 0 aromatic carbocycles. The van der Waals surface area contributed by atoms with Crippen LogP contribution in [0.25, 0.3) is 0 Å². The van der Waals surface area contributed by atoms with E-state index >= 15 is 0 Å². The van der Waals surface area contributed by atoms with Gasteiger partial charge in [0.15, 0.2) is 5.78 Å². The van der Waals surface area contributed by atoms with Crippen molar-refractivity contribution >= 4 is 11.6 Å². The molecule has 126 valence electrons. The zero-order valence-electron chi connectivity index (χ0n) is 13.4. The van der Waals surface area contributed by atoms with Crippen molar-refractivity contribution in [2.45, 2.75) is 77.8 Å². The molecule has 0 radical (unpaired) electrons. The monoisotopic (exact) mass is 318 g/mol. The molecule has 0 unspecified atom stereocenters. The van der Waals surface area contributed by atoms with Crippen molar-refractivity contribution in [3.63, 3.8) is 0 Å². The molecular formula is C17H25F3O2. The van der Waals surface area contributed by atoms with E-state index in [4.69, 9.17) is 0 Å². The van der Waals surface area contributed by atoms with Crippen molar-refractivity contribution in [3.05, 3.63) is 0 Å². The minimum atomic E-state index is -4.61. The smallest absolute Gasteiger partial charge is 0.299 e. The molecule has 0 amide bonds. The molecule has 0 heterocycles. The van der Waals surface area contributed by atoms with Gasteiger partial charge in [0, 0.05) is 5.92 Å². The second kappa shape index (κ2) is 5.97. The highest BCUT2D eigenvalue weighted by Gasteiger charge is 2.53. The Bertz CT molecular complexity index is 435. The normalized spacial score (nSPS) is 23.0. The van der Waals surface area contributed by atoms with Crippen molar-refractivity contribution in [1.29, 1.82) is 0 Å². The summed E-state index contributed by atoms with van der Waals surface area (Å²) in [6, 6.07) is 0. The fraction of sp³-hybridized carbons (Fsp3) is 0.882. The molecule has 0 saturated heterocycles. The van der Waals surface area contributed by atoms with E-state index in [2.05, 4.69) is 0 Å². The van der Waals surface area contributed by atoms with Crippen LogP contribution in [0.3, 0.4) is 0 Å². The molecule has 0 aromatic rings. The van der Waals surface area contributed by atoms with Crippen molar-refractivity contribution in [2.24, 2.45) is 16.7 Å². The zero-order valence-corrected chi connectivity index (χ0v) is 13.4. The molecule has 2 aliphatic rings. The molecule has 2 nitrogen and oxygen atoms in total. The minimum absolute atomic E-state index is 0.223. The lowest BCUT2D eigenvalue weighted by Crippen LogP contribution is -2.41. The van der Waals surface area contributed by atoms with E-state index in [1.165, 1.54) is 25.7 Å². The third-order valence-corrected chi connectivity index (χ3v) is 5.91. The van der Waals surface area contributed by atoms with Gasteiger partial charge >= 0.3 is 6.18 Å². The van der Waals surface area contributed by atoms with Gasteiger partial charge in [-0.1, -0.05) is 12.8 Å². The van der Waals surface area contributed by atoms with Gasteiger partial charge in [-0.15, -0.1) is 0 Å². The summed E-state index contributed by atoms with van der Waals surface area (Å²) in [6.07, 6.45) is 3.18. The number of halogens is 3. The number of rotatable bonds is 4. The maximum Gasteiger partial charge on any atom is 0.400 e. The molecule has 0 aromatic heterocycles. The number of ketones is 2. The van der Waals surface area contributed by atoms with Crippen LogP contribution in [-0.2, 0) is 9.59 Å². The van der Waals surface area contributed by atoms with Gasteiger partial charge in [-0.25, -0.2) is 0 Å². The number of carbonyl (C=O) groups excluding carboxylic acids is 2. The fourth-order valence-electron chi connectivity index (χ4n) is 3.86. The molecule has 5 heteroatoms. The van der Waals surface area contributed by atoms with Gasteiger partial charge in [-0.05, 0) is 57.8 Å². The predicted octanol–water partition coefficient (Wildman–Crippen LogP) is 4.85. The van der Waals surface area contributed by atoms with Crippen LogP contribution < -0.4 is 0 Å². The van der Waals surface area contributed by atoms with Crippen LogP contribution in [0, 0.1) is 16.7 Å². The number of hydrogen-bond donors (Lipinski definition) is 0. The molecule has 0 N–H and O–H groups in total. The summed E-state index contributed by atoms with van der Waals surface area (Å²) >= 11 is 0. The van der Waals surface area contributed by atoms with Gasteiger partial charge in [0.2, 0.25) is 0 Å². The Balaban J connectivity index is 1.89. The van der Waals surface area contributed by atoms with Crippen LogP contribution in [0.4, 0.5) is 13.2 Å². The first-order valence-electron chi connectivity index (χ1n) is 8.20. The van der Waals surface area contributed by atoms with Gasteiger partial charge < -0.3 is 0 Å². The lowest BCUT2D eigenvalue weighted by atomic mass is 9.68.